The van der Waals surface area contributed by atoms with Crippen molar-refractivity contribution < 1.29 is 23.4 Å². The van der Waals surface area contributed by atoms with E-state index in [1.807, 2.05) is 29.2 Å². The molecule has 6 heteroatoms. The van der Waals surface area contributed by atoms with Crippen LogP contribution in [0.4, 0.5) is 4.39 Å². The predicted molar refractivity (Wildman–Crippen MR) is 104 cm³/mol. The number of halogens is 1. The first kappa shape index (κ1) is 20.1. The van der Waals surface area contributed by atoms with Crippen molar-refractivity contribution in [3.8, 4) is 11.5 Å². The first-order valence-electron chi connectivity index (χ1n) is 9.55. The summed E-state index contributed by atoms with van der Waals surface area (Å²) in [4.78, 5) is 14.7. The van der Waals surface area contributed by atoms with Crippen LogP contribution in [-0.2, 0) is 16.1 Å². The Morgan fingerprint density at radius 1 is 1.21 bits per heavy atom. The molecule has 0 radical (unpaired) electrons. The van der Waals surface area contributed by atoms with Crippen LogP contribution < -0.4 is 9.47 Å². The molecular formula is C22H26FNO4. The van der Waals surface area contributed by atoms with Crippen molar-refractivity contribution in [2.24, 2.45) is 0 Å². The van der Waals surface area contributed by atoms with Crippen molar-refractivity contribution in [3.05, 3.63) is 59.9 Å². The van der Waals surface area contributed by atoms with Gasteiger partial charge in [0.25, 0.3) is 0 Å². The van der Waals surface area contributed by atoms with E-state index in [9.17, 15) is 9.18 Å². The molecule has 0 saturated carbocycles. The van der Waals surface area contributed by atoms with Gasteiger partial charge in [-0.05, 0) is 54.8 Å². The Morgan fingerprint density at radius 2 is 2.04 bits per heavy atom. The SMILES string of the molecule is COc1cccc(CN(CC2CCCO2)C(=O)CCOc2ccc(F)cc2)c1. The molecule has 0 aliphatic carbocycles. The molecule has 5 nitrogen and oxygen atoms in total. The summed E-state index contributed by atoms with van der Waals surface area (Å²) in [7, 11) is 1.63. The van der Waals surface area contributed by atoms with Gasteiger partial charge in [0, 0.05) is 19.7 Å². The number of methoxy groups -OCH3 is 1. The van der Waals surface area contributed by atoms with Gasteiger partial charge in [0.05, 0.1) is 26.2 Å². The highest BCUT2D eigenvalue weighted by Gasteiger charge is 2.23. The van der Waals surface area contributed by atoms with Crippen molar-refractivity contribution in [1.82, 2.24) is 4.90 Å². The number of carbonyl (C=O) groups is 1. The van der Waals surface area contributed by atoms with Gasteiger partial charge in [-0.2, -0.15) is 0 Å². The minimum absolute atomic E-state index is 0.000400. The Bertz CT molecular complexity index is 759. The predicted octanol–water partition coefficient (Wildman–Crippen LogP) is 3.81. The fraction of sp³-hybridized carbons (Fsp3) is 0.409. The fourth-order valence-electron chi connectivity index (χ4n) is 3.23. The number of ether oxygens (including phenoxy) is 3. The maximum atomic E-state index is 13.0. The molecule has 1 amide bonds. The van der Waals surface area contributed by atoms with Gasteiger partial charge in [-0.1, -0.05) is 12.1 Å². The van der Waals surface area contributed by atoms with Crippen LogP contribution in [0.3, 0.4) is 0 Å². The molecule has 0 N–H and O–H groups in total. The van der Waals surface area contributed by atoms with Gasteiger partial charge < -0.3 is 19.1 Å². The molecular weight excluding hydrogens is 361 g/mol. The molecule has 1 heterocycles. The van der Waals surface area contributed by atoms with Crippen LogP contribution in [0.1, 0.15) is 24.8 Å². The molecule has 1 unspecified atom stereocenters. The molecule has 3 rings (SSSR count). The lowest BCUT2D eigenvalue weighted by molar-refractivity contribution is -0.134. The molecule has 150 valence electrons. The van der Waals surface area contributed by atoms with Gasteiger partial charge in [-0.25, -0.2) is 4.39 Å². The smallest absolute Gasteiger partial charge is 0.226 e. The van der Waals surface area contributed by atoms with E-state index in [-0.39, 0.29) is 30.9 Å². The molecule has 2 aromatic rings. The Balaban J connectivity index is 1.59. The number of rotatable bonds is 9. The van der Waals surface area contributed by atoms with Crippen molar-refractivity contribution in [1.29, 1.82) is 0 Å². The van der Waals surface area contributed by atoms with E-state index in [4.69, 9.17) is 14.2 Å². The second-order valence-corrected chi connectivity index (χ2v) is 6.81. The summed E-state index contributed by atoms with van der Waals surface area (Å²) in [5.41, 5.74) is 1.00. The Kier molecular flexibility index (Phi) is 7.25. The Labute approximate surface area is 165 Å². The molecule has 1 atom stereocenters. The maximum absolute atomic E-state index is 13.0. The van der Waals surface area contributed by atoms with Crippen LogP contribution in [0.15, 0.2) is 48.5 Å². The highest BCUT2D eigenvalue weighted by molar-refractivity contribution is 5.76. The van der Waals surface area contributed by atoms with Crippen LogP contribution in [0.5, 0.6) is 11.5 Å². The zero-order valence-corrected chi connectivity index (χ0v) is 16.1. The zero-order chi connectivity index (χ0) is 19.8. The third-order valence-corrected chi connectivity index (χ3v) is 4.71. The lowest BCUT2D eigenvalue weighted by Crippen LogP contribution is -2.37. The minimum atomic E-state index is -0.315. The number of amides is 1. The molecule has 28 heavy (non-hydrogen) atoms. The molecule has 0 bridgehead atoms. The van der Waals surface area contributed by atoms with Crippen molar-refractivity contribution in [2.45, 2.75) is 31.9 Å². The lowest BCUT2D eigenvalue weighted by atomic mass is 10.1. The third-order valence-electron chi connectivity index (χ3n) is 4.71. The number of carbonyl (C=O) groups excluding carboxylic acids is 1. The van der Waals surface area contributed by atoms with Crippen LogP contribution in [0.25, 0.3) is 0 Å². The highest BCUT2D eigenvalue weighted by atomic mass is 19.1. The summed E-state index contributed by atoms with van der Waals surface area (Å²) in [5, 5.41) is 0. The van der Waals surface area contributed by atoms with E-state index in [2.05, 4.69) is 0 Å². The van der Waals surface area contributed by atoms with Gasteiger partial charge in [0.15, 0.2) is 0 Å². The summed E-state index contributed by atoms with van der Waals surface area (Å²) in [5.74, 6) is 0.999. The first-order chi connectivity index (χ1) is 13.6. The van der Waals surface area contributed by atoms with Gasteiger partial charge in [0.2, 0.25) is 5.91 Å². The first-order valence-corrected chi connectivity index (χ1v) is 9.55. The van der Waals surface area contributed by atoms with E-state index in [0.29, 0.717) is 18.8 Å². The molecule has 1 saturated heterocycles. The topological polar surface area (TPSA) is 48.0 Å². The number of benzene rings is 2. The summed E-state index contributed by atoms with van der Waals surface area (Å²) in [6.07, 6.45) is 2.31. The highest BCUT2D eigenvalue weighted by Crippen LogP contribution is 2.19. The van der Waals surface area contributed by atoms with Crippen LogP contribution in [0, 0.1) is 5.82 Å². The van der Waals surface area contributed by atoms with Crippen LogP contribution in [-0.4, -0.2) is 43.8 Å². The minimum Gasteiger partial charge on any atom is -0.497 e. The second kappa shape index (κ2) is 10.1. The average Bonchev–Trinajstić information content (AvgIpc) is 3.22. The summed E-state index contributed by atoms with van der Waals surface area (Å²) < 4.78 is 29.5. The number of hydrogen-bond acceptors (Lipinski definition) is 4. The number of hydrogen-bond donors (Lipinski definition) is 0. The molecule has 2 aromatic carbocycles. The molecule has 1 fully saturated rings. The Morgan fingerprint density at radius 3 is 2.75 bits per heavy atom. The van der Waals surface area contributed by atoms with Gasteiger partial charge in [-0.3, -0.25) is 4.79 Å². The van der Waals surface area contributed by atoms with Crippen molar-refractivity contribution in [2.75, 3.05) is 26.9 Å². The van der Waals surface area contributed by atoms with Gasteiger partial charge in [0.1, 0.15) is 17.3 Å². The molecule has 1 aliphatic rings. The standard InChI is InChI=1S/C22H26FNO4/c1-26-20-5-2-4-17(14-20)15-24(16-21-6-3-12-27-21)22(25)11-13-28-19-9-7-18(23)8-10-19/h2,4-5,7-10,14,21H,3,6,11-13,15-16H2,1H3. The molecule has 1 aliphatic heterocycles. The fourth-order valence-corrected chi connectivity index (χ4v) is 3.23. The quantitative estimate of drug-likeness (QED) is 0.657. The monoisotopic (exact) mass is 387 g/mol. The number of nitrogens with zero attached hydrogens (tertiary/aromatic N) is 1. The summed E-state index contributed by atoms with van der Waals surface area (Å²) in [6.45, 7) is 2.04. The zero-order valence-electron chi connectivity index (χ0n) is 16.1. The van der Waals surface area contributed by atoms with E-state index >= 15 is 0 Å². The molecule has 0 aromatic heterocycles. The Hall–Kier alpha value is -2.60. The largest absolute Gasteiger partial charge is 0.497 e. The normalized spacial score (nSPS) is 16.0. The van der Waals surface area contributed by atoms with E-state index in [0.717, 1.165) is 30.8 Å². The van der Waals surface area contributed by atoms with E-state index < -0.39 is 0 Å². The average molecular weight is 387 g/mol. The van der Waals surface area contributed by atoms with Gasteiger partial charge >= 0.3 is 0 Å². The maximum Gasteiger partial charge on any atom is 0.226 e. The van der Waals surface area contributed by atoms with E-state index in [1.54, 1.807) is 19.2 Å². The van der Waals surface area contributed by atoms with Gasteiger partial charge in [-0.15, -0.1) is 0 Å². The summed E-state index contributed by atoms with van der Waals surface area (Å²) >= 11 is 0. The molecule has 0 spiro atoms. The summed E-state index contributed by atoms with van der Waals surface area (Å²) in [6, 6.07) is 13.5. The second-order valence-electron chi connectivity index (χ2n) is 6.81. The van der Waals surface area contributed by atoms with E-state index in [1.165, 1.54) is 12.1 Å². The lowest BCUT2D eigenvalue weighted by Gasteiger charge is -2.26. The van der Waals surface area contributed by atoms with Crippen LogP contribution >= 0.6 is 0 Å². The van der Waals surface area contributed by atoms with Crippen molar-refractivity contribution >= 4 is 5.91 Å². The van der Waals surface area contributed by atoms with Crippen molar-refractivity contribution in [3.63, 3.8) is 0 Å². The third kappa shape index (κ3) is 5.96. The van der Waals surface area contributed by atoms with Crippen LogP contribution in [0.2, 0.25) is 0 Å².